The van der Waals surface area contributed by atoms with Crippen molar-refractivity contribution < 1.29 is 29.4 Å². The number of aliphatic carboxylic acids is 1. The van der Waals surface area contributed by atoms with Crippen molar-refractivity contribution in [2.45, 2.75) is 71.3 Å². The van der Waals surface area contributed by atoms with Gasteiger partial charge >= 0.3 is 5.97 Å². The van der Waals surface area contributed by atoms with Gasteiger partial charge in [-0.1, -0.05) is 34.1 Å². The molecule has 7 N–H and O–H groups in total. The third-order valence-corrected chi connectivity index (χ3v) is 5.03. The number of hydrogen-bond donors (Lipinski definition) is 7. The van der Waals surface area contributed by atoms with E-state index in [0.717, 1.165) is 0 Å². The van der Waals surface area contributed by atoms with Crippen LogP contribution in [0.1, 0.15) is 41.0 Å². The molecule has 0 aromatic rings. The number of carbonyl (C=O) groups is 4. The maximum Gasteiger partial charge on any atom is 0.327 e. The molecule has 0 aliphatic heterocycles. The largest absolute Gasteiger partial charge is 0.480 e. The predicted octanol–water partition coefficient (Wildman–Crippen LogP) is -1.13. The van der Waals surface area contributed by atoms with Crippen LogP contribution in [0.3, 0.4) is 0 Å². The van der Waals surface area contributed by atoms with E-state index in [2.05, 4.69) is 28.6 Å². The summed E-state index contributed by atoms with van der Waals surface area (Å²) in [5, 5.41) is 26.1. The molecule has 0 aliphatic carbocycles. The number of thiol groups is 1. The van der Waals surface area contributed by atoms with Gasteiger partial charge in [0.2, 0.25) is 17.7 Å². The maximum atomic E-state index is 12.7. The van der Waals surface area contributed by atoms with Gasteiger partial charge < -0.3 is 31.9 Å². The summed E-state index contributed by atoms with van der Waals surface area (Å²) >= 11 is 3.86. The summed E-state index contributed by atoms with van der Waals surface area (Å²) in [6.45, 7) is 8.41. The standard InChI is InChI=1S/C18H34N4O6S/c1-6-9(4)12(19)15(24)21-13(8(2)3)16(25)22-14(10(5)23)17(26)20-11(7-29)18(27)28/h8-14,23,29H,6-7,19H2,1-5H3,(H,20,26)(H,21,24)(H,22,25)(H,27,28). The first kappa shape index (κ1) is 27.1. The Morgan fingerprint density at radius 1 is 0.931 bits per heavy atom. The number of nitrogens with one attached hydrogen (secondary N) is 3. The van der Waals surface area contributed by atoms with E-state index >= 15 is 0 Å². The second-order valence-electron chi connectivity index (χ2n) is 7.45. The SMILES string of the molecule is CCC(C)C(N)C(=O)NC(C(=O)NC(C(=O)NC(CS)C(=O)O)C(C)O)C(C)C. The summed E-state index contributed by atoms with van der Waals surface area (Å²) in [5.74, 6) is -3.94. The lowest BCUT2D eigenvalue weighted by Crippen LogP contribution is -2.61. The van der Waals surface area contributed by atoms with E-state index in [0.29, 0.717) is 6.42 Å². The van der Waals surface area contributed by atoms with Crippen LogP contribution >= 0.6 is 12.6 Å². The van der Waals surface area contributed by atoms with Crippen molar-refractivity contribution in [2.24, 2.45) is 17.6 Å². The minimum atomic E-state index is -1.41. The molecule has 168 valence electrons. The van der Waals surface area contributed by atoms with Crippen LogP contribution in [0.2, 0.25) is 0 Å². The second-order valence-corrected chi connectivity index (χ2v) is 7.82. The summed E-state index contributed by atoms with van der Waals surface area (Å²) in [6.07, 6.45) is -0.619. The fourth-order valence-corrected chi connectivity index (χ4v) is 2.64. The van der Waals surface area contributed by atoms with E-state index in [1.165, 1.54) is 6.92 Å². The van der Waals surface area contributed by atoms with E-state index in [9.17, 15) is 24.3 Å². The van der Waals surface area contributed by atoms with Gasteiger partial charge in [0.05, 0.1) is 12.1 Å². The Kier molecular flexibility index (Phi) is 11.8. The zero-order valence-corrected chi connectivity index (χ0v) is 18.4. The average molecular weight is 435 g/mol. The molecule has 29 heavy (non-hydrogen) atoms. The van der Waals surface area contributed by atoms with E-state index < -0.39 is 54.0 Å². The first-order valence-electron chi connectivity index (χ1n) is 9.55. The molecular formula is C18H34N4O6S. The number of carboxylic acids is 1. The Hall–Kier alpha value is -1.85. The number of rotatable bonds is 12. The smallest absolute Gasteiger partial charge is 0.327 e. The molecular weight excluding hydrogens is 400 g/mol. The van der Waals surface area contributed by atoms with Crippen molar-refractivity contribution in [1.29, 1.82) is 0 Å². The molecule has 0 bridgehead atoms. The van der Waals surface area contributed by atoms with E-state index in [4.69, 9.17) is 10.8 Å². The molecule has 6 unspecified atom stereocenters. The molecule has 0 aromatic heterocycles. The Morgan fingerprint density at radius 3 is 1.79 bits per heavy atom. The molecule has 0 spiro atoms. The van der Waals surface area contributed by atoms with Crippen LogP contribution in [0.25, 0.3) is 0 Å². The number of aliphatic hydroxyl groups excluding tert-OH is 1. The Labute approximate surface area is 176 Å². The highest BCUT2D eigenvalue weighted by atomic mass is 32.1. The first-order valence-corrected chi connectivity index (χ1v) is 10.2. The van der Waals surface area contributed by atoms with Crippen molar-refractivity contribution in [3.63, 3.8) is 0 Å². The number of hydrogen-bond acceptors (Lipinski definition) is 7. The Balaban J connectivity index is 5.31. The van der Waals surface area contributed by atoms with Gasteiger partial charge in [0.1, 0.15) is 18.1 Å². The molecule has 0 radical (unpaired) electrons. The lowest BCUT2D eigenvalue weighted by atomic mass is 9.97. The van der Waals surface area contributed by atoms with Gasteiger partial charge in [-0.05, 0) is 18.8 Å². The van der Waals surface area contributed by atoms with Gasteiger partial charge in [-0.25, -0.2) is 4.79 Å². The van der Waals surface area contributed by atoms with Crippen LogP contribution in [0.5, 0.6) is 0 Å². The molecule has 0 saturated heterocycles. The van der Waals surface area contributed by atoms with Crippen LogP contribution < -0.4 is 21.7 Å². The van der Waals surface area contributed by atoms with E-state index in [1.807, 2.05) is 13.8 Å². The zero-order chi connectivity index (χ0) is 22.9. The van der Waals surface area contributed by atoms with E-state index in [1.54, 1.807) is 13.8 Å². The van der Waals surface area contributed by atoms with Gasteiger partial charge in [0.15, 0.2) is 0 Å². The summed E-state index contributed by atoms with van der Waals surface area (Å²) in [7, 11) is 0. The van der Waals surface area contributed by atoms with Crippen LogP contribution in [-0.4, -0.2) is 69.9 Å². The van der Waals surface area contributed by atoms with Gasteiger partial charge in [-0.15, -0.1) is 0 Å². The summed E-state index contributed by atoms with van der Waals surface area (Å²) < 4.78 is 0. The topological polar surface area (TPSA) is 171 Å². The van der Waals surface area contributed by atoms with Crippen LogP contribution in [0.4, 0.5) is 0 Å². The highest BCUT2D eigenvalue weighted by Crippen LogP contribution is 2.09. The molecule has 10 nitrogen and oxygen atoms in total. The van der Waals surface area contributed by atoms with Gasteiger partial charge in [0, 0.05) is 5.75 Å². The third kappa shape index (κ3) is 8.58. The highest BCUT2D eigenvalue weighted by Gasteiger charge is 2.33. The van der Waals surface area contributed by atoms with Gasteiger partial charge in [-0.3, -0.25) is 14.4 Å². The normalized spacial score (nSPS) is 17.4. The van der Waals surface area contributed by atoms with Crippen molar-refractivity contribution in [3.8, 4) is 0 Å². The molecule has 11 heteroatoms. The minimum Gasteiger partial charge on any atom is -0.480 e. The van der Waals surface area contributed by atoms with Crippen LogP contribution in [-0.2, 0) is 19.2 Å². The summed E-state index contributed by atoms with van der Waals surface area (Å²) in [5.41, 5.74) is 5.91. The monoisotopic (exact) mass is 434 g/mol. The predicted molar refractivity (Wildman–Crippen MR) is 111 cm³/mol. The molecule has 0 rings (SSSR count). The second kappa shape index (κ2) is 12.7. The van der Waals surface area contributed by atoms with Crippen LogP contribution in [0, 0.1) is 11.8 Å². The molecule has 6 atom stereocenters. The Bertz CT molecular complexity index is 587. The quantitative estimate of drug-likeness (QED) is 0.190. The van der Waals surface area contributed by atoms with Crippen molar-refractivity contribution in [3.05, 3.63) is 0 Å². The minimum absolute atomic E-state index is 0.0870. The van der Waals surface area contributed by atoms with Crippen LogP contribution in [0.15, 0.2) is 0 Å². The molecule has 3 amide bonds. The van der Waals surface area contributed by atoms with Crippen molar-refractivity contribution in [1.82, 2.24) is 16.0 Å². The zero-order valence-electron chi connectivity index (χ0n) is 17.5. The third-order valence-electron chi connectivity index (χ3n) is 4.67. The lowest BCUT2D eigenvalue weighted by Gasteiger charge is -2.28. The molecule has 0 saturated carbocycles. The highest BCUT2D eigenvalue weighted by molar-refractivity contribution is 7.80. The van der Waals surface area contributed by atoms with Gasteiger partial charge in [0.25, 0.3) is 0 Å². The molecule has 0 aliphatic rings. The summed E-state index contributed by atoms with van der Waals surface area (Å²) in [6, 6.07) is -4.48. The number of aliphatic hydroxyl groups is 1. The summed E-state index contributed by atoms with van der Waals surface area (Å²) in [4.78, 5) is 48.5. The molecule has 0 aromatic carbocycles. The lowest BCUT2D eigenvalue weighted by molar-refractivity contribution is -0.142. The number of nitrogens with two attached hydrogens (primary N) is 1. The Morgan fingerprint density at radius 2 is 1.41 bits per heavy atom. The maximum absolute atomic E-state index is 12.7. The van der Waals surface area contributed by atoms with E-state index in [-0.39, 0.29) is 17.6 Å². The number of carbonyl (C=O) groups excluding carboxylic acids is 3. The fraction of sp³-hybridized carbons (Fsp3) is 0.778. The molecule has 0 fully saturated rings. The fourth-order valence-electron chi connectivity index (χ4n) is 2.39. The number of amides is 3. The average Bonchev–Trinajstić information content (AvgIpc) is 2.65. The first-order chi connectivity index (χ1) is 13.4. The molecule has 0 heterocycles. The van der Waals surface area contributed by atoms with Crippen molar-refractivity contribution >= 4 is 36.3 Å². The van der Waals surface area contributed by atoms with Crippen molar-refractivity contribution in [2.75, 3.05) is 5.75 Å². The number of carboxylic acid groups (broad SMARTS) is 1. The van der Waals surface area contributed by atoms with Gasteiger partial charge in [-0.2, -0.15) is 12.6 Å².